The van der Waals surface area contributed by atoms with Crippen LogP contribution in [-0.2, 0) is 4.79 Å². The van der Waals surface area contributed by atoms with Gasteiger partial charge in [-0.25, -0.2) is 9.78 Å². The lowest BCUT2D eigenvalue weighted by Gasteiger charge is -2.12. The van der Waals surface area contributed by atoms with Gasteiger partial charge in [0, 0.05) is 16.3 Å². The van der Waals surface area contributed by atoms with Gasteiger partial charge in [0.1, 0.15) is 11.6 Å². The molecule has 0 atom stereocenters. The van der Waals surface area contributed by atoms with Gasteiger partial charge in [-0.3, -0.25) is 0 Å². The third-order valence-corrected chi connectivity index (χ3v) is 5.09. The Morgan fingerprint density at radius 1 is 1.10 bits per heavy atom. The van der Waals surface area contributed by atoms with Gasteiger partial charge in [0.25, 0.3) is 0 Å². The van der Waals surface area contributed by atoms with E-state index in [1.807, 2.05) is 42.5 Å². The summed E-state index contributed by atoms with van der Waals surface area (Å²) in [6.45, 7) is 2.70. The number of hydrogen-bond acceptors (Lipinski definition) is 4. The van der Waals surface area contributed by atoms with Crippen molar-refractivity contribution in [3.63, 3.8) is 0 Å². The summed E-state index contributed by atoms with van der Waals surface area (Å²) in [5.74, 6) is -0.903. The van der Waals surface area contributed by atoms with Crippen molar-refractivity contribution < 1.29 is 14.6 Å². The van der Waals surface area contributed by atoms with Gasteiger partial charge in [-0.05, 0) is 23.9 Å². The maximum absolute atomic E-state index is 11.3. The molecule has 154 valence electrons. The molecule has 0 unspecified atom stereocenters. The van der Waals surface area contributed by atoms with Gasteiger partial charge in [0.05, 0.1) is 12.1 Å². The van der Waals surface area contributed by atoms with Crippen LogP contribution in [0.2, 0.25) is 0 Å². The Hall–Kier alpha value is -3.39. The number of pyridine rings is 1. The van der Waals surface area contributed by atoms with Crippen LogP contribution in [0.15, 0.2) is 48.0 Å². The van der Waals surface area contributed by atoms with Crippen LogP contribution in [0.3, 0.4) is 0 Å². The molecule has 2 aromatic carbocycles. The maximum atomic E-state index is 11.3. The molecule has 30 heavy (non-hydrogen) atoms. The van der Waals surface area contributed by atoms with E-state index < -0.39 is 5.97 Å². The van der Waals surface area contributed by atoms with E-state index >= 15 is 0 Å². The van der Waals surface area contributed by atoms with Crippen LogP contribution < -0.4 is 4.74 Å². The van der Waals surface area contributed by atoms with Crippen molar-refractivity contribution in [2.24, 2.45) is 0 Å². The highest BCUT2D eigenvalue weighted by Crippen LogP contribution is 2.30. The Bertz CT molecular complexity index is 1110. The summed E-state index contributed by atoms with van der Waals surface area (Å²) in [4.78, 5) is 16.0. The minimum Gasteiger partial charge on any atom is -0.477 e. The smallest absolute Gasteiger partial charge is 0.346 e. The molecule has 0 saturated heterocycles. The molecule has 0 aliphatic carbocycles. The summed E-state index contributed by atoms with van der Waals surface area (Å²) in [5.41, 5.74) is 0.959. The average molecular weight is 402 g/mol. The standard InChI is InChI=1S/C25H26N2O3/c1-2-3-4-5-6-9-14-30-24-20(16-21(17-26)25(28)29)15-19-13-12-18-10-7-8-11-22(18)23(19)27-24/h7-8,10-13,15-16H,2-6,9,14H2,1H3,(H,28,29)/b21-16+. The number of nitrogens with zero attached hydrogens (tertiary/aromatic N) is 2. The molecular weight excluding hydrogens is 376 g/mol. The summed E-state index contributed by atoms with van der Waals surface area (Å²) in [6.07, 6.45) is 8.20. The zero-order valence-corrected chi connectivity index (χ0v) is 17.2. The molecule has 1 heterocycles. The fraction of sp³-hybridized carbons (Fsp3) is 0.320. The number of unbranched alkanes of at least 4 members (excludes halogenated alkanes) is 5. The van der Waals surface area contributed by atoms with Gasteiger partial charge in [0.15, 0.2) is 0 Å². The highest BCUT2D eigenvalue weighted by Gasteiger charge is 2.13. The second kappa shape index (κ2) is 10.4. The van der Waals surface area contributed by atoms with Crippen molar-refractivity contribution in [2.45, 2.75) is 45.4 Å². The molecule has 1 aromatic heterocycles. The first-order valence-electron chi connectivity index (χ1n) is 10.4. The Kier molecular flexibility index (Phi) is 7.40. The predicted molar refractivity (Wildman–Crippen MR) is 119 cm³/mol. The molecule has 3 aromatic rings. The maximum Gasteiger partial charge on any atom is 0.346 e. The average Bonchev–Trinajstić information content (AvgIpc) is 2.76. The Labute approximate surface area is 176 Å². The lowest BCUT2D eigenvalue weighted by molar-refractivity contribution is -0.132. The molecule has 0 spiro atoms. The van der Waals surface area contributed by atoms with E-state index in [1.165, 1.54) is 31.8 Å². The van der Waals surface area contributed by atoms with Crippen molar-refractivity contribution in [3.8, 4) is 11.9 Å². The fourth-order valence-electron chi connectivity index (χ4n) is 3.48. The number of benzene rings is 2. The zero-order chi connectivity index (χ0) is 21.3. The van der Waals surface area contributed by atoms with Gasteiger partial charge in [-0.1, -0.05) is 75.4 Å². The van der Waals surface area contributed by atoms with Crippen LogP contribution in [-0.4, -0.2) is 22.7 Å². The Balaban J connectivity index is 1.93. The van der Waals surface area contributed by atoms with Crippen LogP contribution in [0.4, 0.5) is 0 Å². The first kappa shape index (κ1) is 21.3. The minimum absolute atomic E-state index is 0.346. The first-order chi connectivity index (χ1) is 14.6. The molecule has 0 saturated carbocycles. The lowest BCUT2D eigenvalue weighted by atomic mass is 10.0. The zero-order valence-electron chi connectivity index (χ0n) is 17.2. The number of carboxylic acids is 1. The molecule has 5 nitrogen and oxygen atoms in total. The molecule has 3 rings (SSSR count). The van der Waals surface area contributed by atoms with Crippen LogP contribution in [0.5, 0.6) is 5.88 Å². The molecule has 1 N–H and O–H groups in total. The summed E-state index contributed by atoms with van der Waals surface area (Å²) in [6, 6.07) is 15.5. The molecule has 0 fully saturated rings. The number of aromatic nitrogens is 1. The van der Waals surface area contributed by atoms with Crippen LogP contribution in [0.1, 0.15) is 51.0 Å². The summed E-state index contributed by atoms with van der Waals surface area (Å²) in [7, 11) is 0. The van der Waals surface area contributed by atoms with E-state index in [-0.39, 0.29) is 5.57 Å². The van der Waals surface area contributed by atoms with Crippen molar-refractivity contribution >= 4 is 33.7 Å². The molecule has 5 heteroatoms. The van der Waals surface area contributed by atoms with Crippen LogP contribution in [0.25, 0.3) is 27.8 Å². The number of carboxylic acid groups (broad SMARTS) is 1. The molecule has 0 aliphatic rings. The van der Waals surface area contributed by atoms with Crippen molar-refractivity contribution in [1.82, 2.24) is 4.98 Å². The topological polar surface area (TPSA) is 83.2 Å². The summed E-state index contributed by atoms with van der Waals surface area (Å²) < 4.78 is 5.97. The lowest BCUT2D eigenvalue weighted by Crippen LogP contribution is -2.03. The number of aliphatic carboxylic acids is 1. The normalized spacial score (nSPS) is 11.5. The van der Waals surface area contributed by atoms with Gasteiger partial charge in [-0.2, -0.15) is 5.26 Å². The van der Waals surface area contributed by atoms with E-state index in [1.54, 1.807) is 6.07 Å². The highest BCUT2D eigenvalue weighted by molar-refractivity contribution is 6.06. The van der Waals surface area contributed by atoms with E-state index in [4.69, 9.17) is 15.0 Å². The van der Waals surface area contributed by atoms with E-state index in [0.717, 1.165) is 34.5 Å². The number of fused-ring (bicyclic) bond motifs is 3. The Morgan fingerprint density at radius 3 is 2.60 bits per heavy atom. The fourth-order valence-corrected chi connectivity index (χ4v) is 3.48. The Morgan fingerprint density at radius 2 is 1.83 bits per heavy atom. The van der Waals surface area contributed by atoms with Gasteiger partial charge >= 0.3 is 5.97 Å². The number of rotatable bonds is 10. The highest BCUT2D eigenvalue weighted by atomic mass is 16.5. The molecule has 0 bridgehead atoms. The van der Waals surface area contributed by atoms with E-state index in [9.17, 15) is 9.90 Å². The predicted octanol–water partition coefficient (Wildman–Crippen LogP) is 6.12. The molecule has 0 amide bonds. The van der Waals surface area contributed by atoms with Gasteiger partial charge in [0.2, 0.25) is 5.88 Å². The molecule has 0 aliphatic heterocycles. The summed E-state index contributed by atoms with van der Waals surface area (Å²) in [5, 5.41) is 21.4. The van der Waals surface area contributed by atoms with Crippen molar-refractivity contribution in [3.05, 3.63) is 53.6 Å². The largest absolute Gasteiger partial charge is 0.477 e. The number of hydrogen-bond donors (Lipinski definition) is 1. The van der Waals surface area contributed by atoms with E-state index in [0.29, 0.717) is 18.1 Å². The van der Waals surface area contributed by atoms with Crippen molar-refractivity contribution in [2.75, 3.05) is 6.61 Å². The molecule has 0 radical (unpaired) electrons. The van der Waals surface area contributed by atoms with E-state index in [2.05, 4.69) is 6.92 Å². The van der Waals surface area contributed by atoms with Gasteiger partial charge < -0.3 is 9.84 Å². The third-order valence-electron chi connectivity index (χ3n) is 5.09. The molecular formula is C25H26N2O3. The quantitative estimate of drug-likeness (QED) is 0.191. The second-order valence-electron chi connectivity index (χ2n) is 7.33. The SMILES string of the molecule is CCCCCCCCOc1nc2c(ccc3ccccc32)cc1/C=C(\C#N)C(=O)O. The number of nitriles is 1. The van der Waals surface area contributed by atoms with Crippen LogP contribution in [0, 0.1) is 11.3 Å². The van der Waals surface area contributed by atoms with Gasteiger partial charge in [-0.15, -0.1) is 0 Å². The minimum atomic E-state index is -1.27. The van der Waals surface area contributed by atoms with Crippen molar-refractivity contribution in [1.29, 1.82) is 5.26 Å². The summed E-state index contributed by atoms with van der Waals surface area (Å²) >= 11 is 0. The monoisotopic (exact) mass is 402 g/mol. The first-order valence-corrected chi connectivity index (χ1v) is 10.4. The number of ether oxygens (including phenoxy) is 1. The number of carbonyl (C=O) groups is 1. The third kappa shape index (κ3) is 5.15. The second-order valence-corrected chi connectivity index (χ2v) is 7.33. The van der Waals surface area contributed by atoms with Crippen LogP contribution >= 0.6 is 0 Å².